The monoisotopic (exact) mass is 224 g/mol. The molecule has 0 fully saturated rings. The largest absolute Gasteiger partial charge is 0.377 e. The average molecular weight is 224 g/mol. The quantitative estimate of drug-likeness (QED) is 0.579. The van der Waals surface area contributed by atoms with E-state index in [9.17, 15) is 9.67 Å². The topological polar surface area (TPSA) is 77.8 Å². The molecule has 0 aromatic carbocycles. The van der Waals surface area contributed by atoms with E-state index in [2.05, 4.69) is 0 Å². The van der Waals surface area contributed by atoms with Crippen LogP contribution in [-0.4, -0.2) is 20.2 Å². The maximum absolute atomic E-state index is 11.1. The van der Waals surface area contributed by atoms with Crippen molar-refractivity contribution in [1.82, 2.24) is 0 Å². The Morgan fingerprint density at radius 2 is 1.43 bits per heavy atom. The lowest BCUT2D eigenvalue weighted by Crippen LogP contribution is -2.28. The molecule has 14 heavy (non-hydrogen) atoms. The summed E-state index contributed by atoms with van der Waals surface area (Å²) in [6, 6.07) is 0. The Hall–Kier alpha value is 0.110. The molecule has 0 amide bonds. The van der Waals surface area contributed by atoms with E-state index in [1.54, 1.807) is 0 Å². The van der Waals surface area contributed by atoms with E-state index in [0.717, 1.165) is 12.8 Å². The SMILES string of the molecule is CCCCC(O)(CCCC)P(=O)(O)O. The standard InChI is InChI=1S/C9H21O4P/c1-3-5-7-9(10,8-6-4-2)14(11,12)13/h10H,3-8H2,1-2H3,(H2,11,12,13). The summed E-state index contributed by atoms with van der Waals surface area (Å²) in [4.78, 5) is 18.1. The first-order chi connectivity index (χ1) is 6.37. The van der Waals surface area contributed by atoms with Gasteiger partial charge in [-0.1, -0.05) is 39.5 Å². The van der Waals surface area contributed by atoms with Crippen molar-refractivity contribution in [3.63, 3.8) is 0 Å². The first-order valence-corrected chi connectivity index (χ1v) is 6.76. The molecule has 0 aliphatic rings. The zero-order valence-electron chi connectivity index (χ0n) is 8.94. The number of rotatable bonds is 7. The van der Waals surface area contributed by atoms with Gasteiger partial charge in [-0.05, 0) is 12.8 Å². The van der Waals surface area contributed by atoms with Crippen LogP contribution in [0.5, 0.6) is 0 Å². The summed E-state index contributed by atoms with van der Waals surface area (Å²) in [7, 11) is -4.39. The summed E-state index contributed by atoms with van der Waals surface area (Å²) in [5.74, 6) is 0. The van der Waals surface area contributed by atoms with Gasteiger partial charge in [-0.2, -0.15) is 0 Å². The van der Waals surface area contributed by atoms with Gasteiger partial charge < -0.3 is 14.9 Å². The molecular formula is C9H21O4P. The molecule has 0 saturated carbocycles. The molecule has 0 atom stereocenters. The molecule has 0 heterocycles. The minimum absolute atomic E-state index is 0.188. The van der Waals surface area contributed by atoms with E-state index >= 15 is 0 Å². The molecule has 0 saturated heterocycles. The summed E-state index contributed by atoms with van der Waals surface area (Å²) < 4.78 is 11.1. The third kappa shape index (κ3) is 4.09. The van der Waals surface area contributed by atoms with E-state index in [0.29, 0.717) is 12.8 Å². The predicted molar refractivity (Wildman–Crippen MR) is 56.0 cm³/mol. The second-order valence-electron chi connectivity index (χ2n) is 3.73. The molecule has 4 nitrogen and oxygen atoms in total. The molecule has 0 spiro atoms. The summed E-state index contributed by atoms with van der Waals surface area (Å²) in [6.45, 7) is 3.86. The van der Waals surface area contributed by atoms with E-state index in [4.69, 9.17) is 9.79 Å². The fraction of sp³-hybridized carbons (Fsp3) is 1.00. The van der Waals surface area contributed by atoms with Crippen LogP contribution in [0, 0.1) is 0 Å². The van der Waals surface area contributed by atoms with Crippen molar-refractivity contribution in [2.24, 2.45) is 0 Å². The first kappa shape index (κ1) is 14.1. The van der Waals surface area contributed by atoms with Crippen LogP contribution in [0.25, 0.3) is 0 Å². The highest BCUT2D eigenvalue weighted by atomic mass is 31.2. The van der Waals surface area contributed by atoms with Crippen LogP contribution in [0.1, 0.15) is 52.4 Å². The highest BCUT2D eigenvalue weighted by Crippen LogP contribution is 2.53. The summed E-state index contributed by atoms with van der Waals surface area (Å²) in [5, 5.41) is 8.05. The average Bonchev–Trinajstić information content (AvgIpc) is 2.09. The van der Waals surface area contributed by atoms with E-state index in [1.165, 1.54) is 0 Å². The maximum atomic E-state index is 11.1. The molecule has 3 N–H and O–H groups in total. The van der Waals surface area contributed by atoms with Gasteiger partial charge in [0.1, 0.15) is 0 Å². The van der Waals surface area contributed by atoms with Gasteiger partial charge in [0, 0.05) is 0 Å². The Morgan fingerprint density at radius 1 is 1.07 bits per heavy atom. The van der Waals surface area contributed by atoms with Gasteiger partial charge in [0.15, 0.2) is 5.34 Å². The van der Waals surface area contributed by atoms with E-state index < -0.39 is 12.9 Å². The van der Waals surface area contributed by atoms with Crippen molar-refractivity contribution in [3.8, 4) is 0 Å². The summed E-state index contributed by atoms with van der Waals surface area (Å²) >= 11 is 0. The van der Waals surface area contributed by atoms with Crippen LogP contribution in [0.3, 0.4) is 0 Å². The predicted octanol–water partition coefficient (Wildman–Crippen LogP) is 2.23. The molecular weight excluding hydrogens is 203 g/mol. The zero-order valence-corrected chi connectivity index (χ0v) is 9.83. The van der Waals surface area contributed by atoms with E-state index in [1.807, 2.05) is 13.8 Å². The first-order valence-electron chi connectivity index (χ1n) is 5.15. The summed E-state index contributed by atoms with van der Waals surface area (Å²) in [6.07, 6.45) is 3.32. The number of aliphatic hydroxyl groups is 1. The highest BCUT2D eigenvalue weighted by molar-refractivity contribution is 7.53. The van der Waals surface area contributed by atoms with Crippen LogP contribution in [0.2, 0.25) is 0 Å². The molecule has 0 aliphatic heterocycles. The smallest absolute Gasteiger partial charge is 0.356 e. The van der Waals surface area contributed by atoms with Crippen molar-refractivity contribution in [3.05, 3.63) is 0 Å². The number of hydrogen-bond donors (Lipinski definition) is 3. The van der Waals surface area contributed by atoms with Crippen molar-refractivity contribution in [2.75, 3.05) is 0 Å². The van der Waals surface area contributed by atoms with Crippen molar-refractivity contribution < 1.29 is 19.5 Å². The van der Waals surface area contributed by atoms with Crippen LogP contribution in [0.4, 0.5) is 0 Å². The number of unbranched alkanes of at least 4 members (excludes halogenated alkanes) is 2. The Balaban J connectivity index is 4.42. The molecule has 0 bridgehead atoms. The van der Waals surface area contributed by atoms with E-state index in [-0.39, 0.29) is 12.8 Å². The normalized spacial score (nSPS) is 13.2. The third-order valence-corrected chi connectivity index (χ3v) is 3.94. The fourth-order valence-corrected chi connectivity index (χ4v) is 2.23. The molecule has 0 aromatic rings. The fourth-order valence-electron chi connectivity index (χ4n) is 1.34. The second kappa shape index (κ2) is 5.86. The Labute approximate surface area is 85.5 Å². The van der Waals surface area contributed by atoms with Gasteiger partial charge in [0.05, 0.1) is 0 Å². The molecule has 0 radical (unpaired) electrons. The van der Waals surface area contributed by atoms with Gasteiger partial charge in [-0.15, -0.1) is 0 Å². The van der Waals surface area contributed by atoms with Gasteiger partial charge in [0.2, 0.25) is 0 Å². The summed E-state index contributed by atoms with van der Waals surface area (Å²) in [5.41, 5.74) is 0. The van der Waals surface area contributed by atoms with Crippen LogP contribution in [0.15, 0.2) is 0 Å². The minimum Gasteiger partial charge on any atom is -0.377 e. The Morgan fingerprint density at radius 3 is 1.64 bits per heavy atom. The lowest BCUT2D eigenvalue weighted by Gasteiger charge is -2.28. The van der Waals surface area contributed by atoms with Crippen molar-refractivity contribution in [2.45, 2.75) is 57.7 Å². The highest BCUT2D eigenvalue weighted by Gasteiger charge is 2.43. The lowest BCUT2D eigenvalue weighted by molar-refractivity contribution is 0.0696. The maximum Gasteiger partial charge on any atom is 0.356 e. The molecule has 0 aliphatic carbocycles. The second-order valence-corrected chi connectivity index (χ2v) is 5.65. The Bertz CT molecular complexity index is 191. The number of hydrogen-bond acceptors (Lipinski definition) is 2. The van der Waals surface area contributed by atoms with Gasteiger partial charge in [-0.3, -0.25) is 4.57 Å². The third-order valence-electron chi connectivity index (χ3n) is 2.40. The van der Waals surface area contributed by atoms with Gasteiger partial charge in [0.25, 0.3) is 0 Å². The van der Waals surface area contributed by atoms with Crippen LogP contribution >= 0.6 is 7.60 Å². The van der Waals surface area contributed by atoms with Gasteiger partial charge >= 0.3 is 7.60 Å². The minimum atomic E-state index is -4.39. The molecule has 0 unspecified atom stereocenters. The zero-order chi connectivity index (χ0) is 11.2. The Kier molecular flexibility index (Phi) is 5.91. The van der Waals surface area contributed by atoms with Crippen LogP contribution < -0.4 is 0 Å². The van der Waals surface area contributed by atoms with Gasteiger partial charge in [-0.25, -0.2) is 0 Å². The lowest BCUT2D eigenvalue weighted by atomic mass is 10.1. The molecule has 0 aromatic heterocycles. The van der Waals surface area contributed by atoms with Crippen molar-refractivity contribution in [1.29, 1.82) is 0 Å². The molecule has 0 rings (SSSR count). The van der Waals surface area contributed by atoms with Crippen LogP contribution in [-0.2, 0) is 4.57 Å². The molecule has 5 heteroatoms. The van der Waals surface area contributed by atoms with Crippen molar-refractivity contribution >= 4 is 7.60 Å². The molecule has 86 valence electrons.